The Hall–Kier alpha value is -0.970. The molecule has 1 rings (SSSR count). The lowest BCUT2D eigenvalue weighted by atomic mass is 10.3. The van der Waals surface area contributed by atoms with E-state index in [2.05, 4.69) is 27.8 Å². The second-order valence-electron chi connectivity index (χ2n) is 2.62. The maximum atomic E-state index is 12.7. The van der Waals surface area contributed by atoms with Gasteiger partial charge in [0, 0.05) is 28.8 Å². The van der Waals surface area contributed by atoms with Gasteiger partial charge in [0.05, 0.1) is 0 Å². The summed E-state index contributed by atoms with van der Waals surface area (Å²) in [5, 5.41) is 2.66. The lowest BCUT2D eigenvalue weighted by Crippen LogP contribution is -2.02. The lowest BCUT2D eigenvalue weighted by molar-refractivity contribution is 0.448. The molecule has 0 aliphatic heterocycles. The first-order valence-electron chi connectivity index (χ1n) is 3.72. The maximum absolute atomic E-state index is 12.7. The van der Waals surface area contributed by atoms with Crippen molar-refractivity contribution in [1.82, 2.24) is 0 Å². The zero-order valence-electron chi connectivity index (χ0n) is 7.08. The van der Waals surface area contributed by atoms with Crippen molar-refractivity contribution in [1.29, 1.82) is 0 Å². The molecule has 1 N–H and O–H groups in total. The number of hydrogen-bond acceptors (Lipinski definition) is 1. The van der Waals surface area contributed by atoms with Crippen LogP contribution in [-0.4, -0.2) is 6.54 Å². The van der Waals surface area contributed by atoms with Crippen molar-refractivity contribution < 1.29 is 13.2 Å². The molecule has 1 aromatic rings. The van der Waals surface area contributed by atoms with E-state index in [1.54, 1.807) is 0 Å². The van der Waals surface area contributed by atoms with Gasteiger partial charge in [0.2, 0.25) is 0 Å². The molecule has 0 unspecified atom stereocenters. The largest absolute Gasteiger partial charge is 0.380 e. The van der Waals surface area contributed by atoms with E-state index in [0.29, 0.717) is 11.0 Å². The monoisotopic (exact) mass is 265 g/mol. The Morgan fingerprint density at radius 3 is 2.21 bits per heavy atom. The highest BCUT2D eigenvalue weighted by molar-refractivity contribution is 9.11. The first-order valence-corrected chi connectivity index (χ1v) is 4.51. The molecule has 0 radical (unpaired) electrons. The van der Waals surface area contributed by atoms with E-state index in [-0.39, 0.29) is 5.69 Å². The Morgan fingerprint density at radius 1 is 1.29 bits per heavy atom. The van der Waals surface area contributed by atoms with Crippen LogP contribution in [0, 0.1) is 17.5 Å². The number of halogens is 4. The topological polar surface area (TPSA) is 12.0 Å². The highest BCUT2D eigenvalue weighted by atomic mass is 79.9. The molecule has 1 aromatic carbocycles. The third-order valence-corrected chi connectivity index (χ3v) is 1.75. The van der Waals surface area contributed by atoms with Crippen molar-refractivity contribution >= 4 is 21.6 Å². The fraction of sp³-hybridized carbons (Fsp3) is 0.111. The van der Waals surface area contributed by atoms with E-state index < -0.39 is 17.5 Å². The lowest BCUT2D eigenvalue weighted by Gasteiger charge is -2.05. The first-order chi connectivity index (χ1) is 6.50. The average Bonchev–Trinajstić information content (AvgIpc) is 2.10. The Bertz CT molecular complexity index is 342. The molecule has 0 saturated heterocycles. The van der Waals surface area contributed by atoms with Crippen molar-refractivity contribution in [2.45, 2.75) is 0 Å². The number of anilines is 1. The standard InChI is InChI=1S/C9H7BrF3N/c1-5(10)4-14-6-2-7(11)9(13)8(12)3-6/h2-3,14H,1,4H2. The summed E-state index contributed by atoms with van der Waals surface area (Å²) >= 11 is 3.06. The summed E-state index contributed by atoms with van der Waals surface area (Å²) in [4.78, 5) is 0. The van der Waals surface area contributed by atoms with Crippen molar-refractivity contribution in [3.63, 3.8) is 0 Å². The highest BCUT2D eigenvalue weighted by Crippen LogP contribution is 2.17. The number of hydrogen-bond donors (Lipinski definition) is 1. The minimum Gasteiger partial charge on any atom is -0.380 e. The predicted octanol–water partition coefficient (Wildman–Crippen LogP) is 3.42. The quantitative estimate of drug-likeness (QED) is 0.826. The molecule has 0 saturated carbocycles. The van der Waals surface area contributed by atoms with E-state index in [4.69, 9.17) is 0 Å². The van der Waals surface area contributed by atoms with Gasteiger partial charge < -0.3 is 5.32 Å². The van der Waals surface area contributed by atoms with Crippen LogP contribution >= 0.6 is 15.9 Å². The normalized spacial score (nSPS) is 10.0. The van der Waals surface area contributed by atoms with Gasteiger partial charge >= 0.3 is 0 Å². The van der Waals surface area contributed by atoms with Crippen LogP contribution in [0.25, 0.3) is 0 Å². The molecule has 0 heterocycles. The van der Waals surface area contributed by atoms with Gasteiger partial charge in [-0.15, -0.1) is 0 Å². The Balaban J connectivity index is 2.84. The maximum Gasteiger partial charge on any atom is 0.194 e. The first kappa shape index (κ1) is 11.1. The molecule has 0 fully saturated rings. The third kappa shape index (κ3) is 2.77. The van der Waals surface area contributed by atoms with Crippen LogP contribution in [-0.2, 0) is 0 Å². The minimum atomic E-state index is -1.46. The predicted molar refractivity (Wildman–Crippen MR) is 52.9 cm³/mol. The van der Waals surface area contributed by atoms with Crippen molar-refractivity contribution in [2.24, 2.45) is 0 Å². The van der Waals surface area contributed by atoms with Crippen molar-refractivity contribution in [2.75, 3.05) is 11.9 Å². The number of benzene rings is 1. The average molecular weight is 266 g/mol. The summed E-state index contributed by atoms with van der Waals surface area (Å²) in [7, 11) is 0. The second-order valence-corrected chi connectivity index (χ2v) is 3.75. The summed E-state index contributed by atoms with van der Waals surface area (Å²) in [5.74, 6) is -3.89. The van der Waals surface area contributed by atoms with E-state index in [1.165, 1.54) is 0 Å². The number of nitrogens with one attached hydrogen (secondary N) is 1. The molecule has 0 spiro atoms. The molecule has 5 heteroatoms. The molecular weight excluding hydrogens is 259 g/mol. The van der Waals surface area contributed by atoms with E-state index in [0.717, 1.165) is 12.1 Å². The molecule has 14 heavy (non-hydrogen) atoms. The smallest absolute Gasteiger partial charge is 0.194 e. The minimum absolute atomic E-state index is 0.169. The SMILES string of the molecule is C=C(Br)CNc1cc(F)c(F)c(F)c1. The van der Waals surface area contributed by atoms with E-state index in [1.807, 2.05) is 0 Å². The number of rotatable bonds is 3. The van der Waals surface area contributed by atoms with Crippen molar-refractivity contribution in [3.8, 4) is 0 Å². The molecule has 0 amide bonds. The van der Waals surface area contributed by atoms with Crippen LogP contribution in [0.4, 0.5) is 18.9 Å². The molecule has 0 aliphatic rings. The Kier molecular flexibility index (Phi) is 3.57. The van der Waals surface area contributed by atoms with Crippen LogP contribution in [0.2, 0.25) is 0 Å². The van der Waals surface area contributed by atoms with Gasteiger partial charge in [-0.25, -0.2) is 13.2 Å². The molecule has 76 valence electrons. The highest BCUT2D eigenvalue weighted by Gasteiger charge is 2.09. The Morgan fingerprint density at radius 2 is 1.79 bits per heavy atom. The summed E-state index contributed by atoms with van der Waals surface area (Å²) in [6.45, 7) is 3.84. The molecule has 1 nitrogen and oxygen atoms in total. The molecule has 0 aromatic heterocycles. The molecular formula is C9H7BrF3N. The fourth-order valence-corrected chi connectivity index (χ4v) is 0.996. The zero-order chi connectivity index (χ0) is 10.7. The van der Waals surface area contributed by atoms with Crippen LogP contribution in [0.1, 0.15) is 0 Å². The van der Waals surface area contributed by atoms with Gasteiger partial charge in [0.15, 0.2) is 17.5 Å². The molecule has 0 atom stereocenters. The van der Waals surface area contributed by atoms with Crippen LogP contribution < -0.4 is 5.32 Å². The van der Waals surface area contributed by atoms with Crippen LogP contribution in [0.15, 0.2) is 23.2 Å². The molecule has 0 bridgehead atoms. The Labute approximate surface area is 87.8 Å². The van der Waals surface area contributed by atoms with Gasteiger partial charge in [0.1, 0.15) is 0 Å². The van der Waals surface area contributed by atoms with Gasteiger partial charge in [-0.2, -0.15) is 0 Å². The van der Waals surface area contributed by atoms with Gasteiger partial charge in [-0.05, 0) is 0 Å². The van der Waals surface area contributed by atoms with Gasteiger partial charge in [-0.3, -0.25) is 0 Å². The third-order valence-electron chi connectivity index (χ3n) is 1.47. The van der Waals surface area contributed by atoms with Gasteiger partial charge in [-0.1, -0.05) is 22.5 Å². The van der Waals surface area contributed by atoms with E-state index >= 15 is 0 Å². The van der Waals surface area contributed by atoms with E-state index in [9.17, 15) is 13.2 Å². The van der Waals surface area contributed by atoms with Crippen LogP contribution in [0.3, 0.4) is 0 Å². The summed E-state index contributed by atoms with van der Waals surface area (Å²) in [6.07, 6.45) is 0. The molecule has 0 aliphatic carbocycles. The zero-order valence-corrected chi connectivity index (χ0v) is 8.67. The summed E-state index contributed by atoms with van der Waals surface area (Å²) in [6, 6.07) is 1.77. The van der Waals surface area contributed by atoms with Crippen molar-refractivity contribution in [3.05, 3.63) is 40.6 Å². The summed E-state index contributed by atoms with van der Waals surface area (Å²) < 4.78 is 38.5. The summed E-state index contributed by atoms with van der Waals surface area (Å²) in [5.41, 5.74) is 0.169. The second kappa shape index (κ2) is 4.50. The van der Waals surface area contributed by atoms with Gasteiger partial charge in [0.25, 0.3) is 0 Å². The van der Waals surface area contributed by atoms with Crippen LogP contribution in [0.5, 0.6) is 0 Å². The fourth-order valence-electron chi connectivity index (χ4n) is 0.856.